The first-order chi connectivity index (χ1) is 6.41. The van der Waals surface area contributed by atoms with E-state index in [2.05, 4.69) is 6.58 Å². The molecule has 0 radical (unpaired) electrons. The first kappa shape index (κ1) is 17.9. The molecule has 0 unspecified atom stereocenters. The summed E-state index contributed by atoms with van der Waals surface area (Å²) in [4.78, 5) is 0. The molecule has 0 nitrogen and oxygen atoms in total. The molecule has 0 aliphatic heterocycles. The minimum absolute atomic E-state index is 1.75. The number of rotatable bonds is 3. The van der Waals surface area contributed by atoms with Gasteiger partial charge in [0.25, 0.3) is 0 Å². The maximum absolute atomic E-state index is 3.54. The molecule has 0 saturated heterocycles. The molecule has 0 heterocycles. The average molecular weight is 180 g/mol. The van der Waals surface area contributed by atoms with Crippen LogP contribution in [0.2, 0.25) is 0 Å². The summed E-state index contributed by atoms with van der Waals surface area (Å²) in [7, 11) is 0. The Bertz CT molecular complexity index is 136. The van der Waals surface area contributed by atoms with E-state index in [-0.39, 0.29) is 0 Å². The first-order valence-electron chi connectivity index (χ1n) is 4.99. The van der Waals surface area contributed by atoms with Gasteiger partial charge in [-0.2, -0.15) is 0 Å². The molecule has 0 saturated carbocycles. The van der Waals surface area contributed by atoms with Crippen LogP contribution >= 0.6 is 0 Å². The number of hydrogen-bond donors (Lipinski definition) is 0. The summed E-state index contributed by atoms with van der Waals surface area (Å²) in [5.74, 6) is 0. The predicted molar refractivity (Wildman–Crippen MR) is 66.0 cm³/mol. The van der Waals surface area contributed by atoms with E-state index >= 15 is 0 Å². The van der Waals surface area contributed by atoms with E-state index in [1.165, 1.54) is 0 Å². The zero-order valence-corrected chi connectivity index (χ0v) is 9.75. The molecule has 0 aliphatic rings. The second-order valence-corrected chi connectivity index (χ2v) is 1.53. The van der Waals surface area contributed by atoms with E-state index in [0.717, 1.165) is 0 Å². The van der Waals surface area contributed by atoms with Crippen LogP contribution in [0.25, 0.3) is 0 Å². The maximum Gasteiger partial charge on any atom is -0.0467 e. The van der Waals surface area contributed by atoms with Gasteiger partial charge in [0, 0.05) is 0 Å². The first-order valence-corrected chi connectivity index (χ1v) is 4.99. The van der Waals surface area contributed by atoms with Gasteiger partial charge in [-0.15, -0.1) is 0 Å². The fraction of sp³-hybridized carbons (Fsp3) is 0.385. The monoisotopic (exact) mass is 180 g/mol. The molecule has 0 heteroatoms. The van der Waals surface area contributed by atoms with Gasteiger partial charge in [0.15, 0.2) is 0 Å². The molecule has 0 aromatic heterocycles. The zero-order valence-electron chi connectivity index (χ0n) is 9.75. The van der Waals surface area contributed by atoms with Crippen LogP contribution in [0.5, 0.6) is 0 Å². The van der Waals surface area contributed by atoms with Crippen molar-refractivity contribution in [2.24, 2.45) is 0 Å². The van der Waals surface area contributed by atoms with Crippen molar-refractivity contribution in [3.05, 3.63) is 49.1 Å². The molecule has 0 N–H and O–H groups in total. The molecule has 0 rings (SSSR count). The summed E-state index contributed by atoms with van der Waals surface area (Å²) in [6, 6.07) is 0. The van der Waals surface area contributed by atoms with Gasteiger partial charge in [0.2, 0.25) is 0 Å². The highest BCUT2D eigenvalue weighted by Crippen LogP contribution is 1.79. The molecule has 0 fully saturated rings. The Kier molecular flexibility index (Phi) is 42.1. The van der Waals surface area contributed by atoms with Gasteiger partial charge in [-0.3, -0.25) is 0 Å². The maximum atomic E-state index is 3.54. The Morgan fingerprint density at radius 2 is 1.08 bits per heavy atom. The van der Waals surface area contributed by atoms with E-state index in [1.807, 2.05) is 71.1 Å². The van der Waals surface area contributed by atoms with Crippen LogP contribution in [-0.4, -0.2) is 0 Å². The lowest BCUT2D eigenvalue weighted by Crippen LogP contribution is -1.47. The molecule has 76 valence electrons. The summed E-state index contributed by atoms with van der Waals surface area (Å²) < 4.78 is 0. The van der Waals surface area contributed by atoms with Gasteiger partial charge in [0.1, 0.15) is 0 Å². The average Bonchev–Trinajstić information content (AvgIpc) is 2.24. The fourth-order valence-corrected chi connectivity index (χ4v) is 0.382. The lowest BCUT2D eigenvalue weighted by Gasteiger charge is -1.69. The van der Waals surface area contributed by atoms with E-state index in [9.17, 15) is 0 Å². The van der Waals surface area contributed by atoms with Gasteiger partial charge in [-0.25, -0.2) is 0 Å². The van der Waals surface area contributed by atoms with Crippen molar-refractivity contribution in [2.45, 2.75) is 34.6 Å². The molecule has 0 bridgehead atoms. The van der Waals surface area contributed by atoms with Gasteiger partial charge >= 0.3 is 0 Å². The standard InChI is InChI=1S/C9H12.2C2H6/c1-3-5-7-9-8-6-4-2;2*1-2/h3-9H,1H2,2H3;2*1-2H3/b6-4-,7-5-,9-8-;;. The fourth-order valence-electron chi connectivity index (χ4n) is 0.382. The van der Waals surface area contributed by atoms with Crippen molar-refractivity contribution < 1.29 is 0 Å². The molecule has 0 aromatic rings. The Morgan fingerprint density at radius 3 is 1.46 bits per heavy atom. The third-order valence-electron chi connectivity index (χ3n) is 0.773. The van der Waals surface area contributed by atoms with Crippen LogP contribution in [-0.2, 0) is 0 Å². The highest BCUT2D eigenvalue weighted by atomic mass is 13.6. The Labute approximate surface area is 84.4 Å². The van der Waals surface area contributed by atoms with E-state index in [4.69, 9.17) is 0 Å². The zero-order chi connectivity index (χ0) is 10.9. The molecule has 0 aliphatic carbocycles. The molecular formula is C13H24. The van der Waals surface area contributed by atoms with Crippen LogP contribution < -0.4 is 0 Å². The molecule has 0 aromatic carbocycles. The van der Waals surface area contributed by atoms with Crippen molar-refractivity contribution in [1.82, 2.24) is 0 Å². The van der Waals surface area contributed by atoms with Crippen LogP contribution in [0.15, 0.2) is 49.1 Å². The largest absolute Gasteiger partial charge is 0.0991 e. The van der Waals surface area contributed by atoms with Gasteiger partial charge in [0.05, 0.1) is 0 Å². The molecule has 0 atom stereocenters. The summed E-state index contributed by atoms with van der Waals surface area (Å²) in [6.07, 6.45) is 13.5. The quantitative estimate of drug-likeness (QED) is 0.541. The number of hydrogen-bond acceptors (Lipinski definition) is 0. The third kappa shape index (κ3) is 35.8. The molecule has 13 heavy (non-hydrogen) atoms. The van der Waals surface area contributed by atoms with Crippen LogP contribution in [0.4, 0.5) is 0 Å². The third-order valence-corrected chi connectivity index (χ3v) is 0.773. The lowest BCUT2D eigenvalue weighted by atomic mass is 10.4. The van der Waals surface area contributed by atoms with Crippen molar-refractivity contribution in [1.29, 1.82) is 0 Å². The van der Waals surface area contributed by atoms with Gasteiger partial charge in [-0.1, -0.05) is 76.8 Å². The van der Waals surface area contributed by atoms with Crippen LogP contribution in [0.1, 0.15) is 34.6 Å². The van der Waals surface area contributed by atoms with E-state index in [1.54, 1.807) is 6.08 Å². The van der Waals surface area contributed by atoms with Crippen molar-refractivity contribution in [3.8, 4) is 0 Å². The molecule has 0 amide bonds. The van der Waals surface area contributed by atoms with Crippen LogP contribution in [0, 0.1) is 0 Å². The Morgan fingerprint density at radius 1 is 0.692 bits per heavy atom. The van der Waals surface area contributed by atoms with Gasteiger partial charge in [-0.05, 0) is 6.92 Å². The minimum Gasteiger partial charge on any atom is -0.0991 e. The molecular weight excluding hydrogens is 156 g/mol. The molecule has 0 spiro atoms. The van der Waals surface area contributed by atoms with E-state index < -0.39 is 0 Å². The highest BCUT2D eigenvalue weighted by molar-refractivity contribution is 5.13. The topological polar surface area (TPSA) is 0 Å². The summed E-state index contributed by atoms with van der Waals surface area (Å²) in [5, 5.41) is 0. The summed E-state index contributed by atoms with van der Waals surface area (Å²) in [5.41, 5.74) is 0. The predicted octanol–water partition coefficient (Wildman–Crippen LogP) is 4.91. The van der Waals surface area contributed by atoms with E-state index in [0.29, 0.717) is 0 Å². The second kappa shape index (κ2) is 30.6. The Hall–Kier alpha value is -1.04. The van der Waals surface area contributed by atoms with Crippen LogP contribution in [0.3, 0.4) is 0 Å². The van der Waals surface area contributed by atoms with Crippen molar-refractivity contribution in [3.63, 3.8) is 0 Å². The summed E-state index contributed by atoms with van der Waals surface area (Å²) >= 11 is 0. The summed E-state index contributed by atoms with van der Waals surface area (Å²) in [6.45, 7) is 13.5. The second-order valence-electron chi connectivity index (χ2n) is 1.53. The smallest absolute Gasteiger partial charge is 0.0467 e. The minimum atomic E-state index is 1.75. The van der Waals surface area contributed by atoms with Crippen molar-refractivity contribution >= 4 is 0 Å². The SMILES string of the molecule is C=C\C=C/C=C\C=C/C.CC.CC. The lowest BCUT2D eigenvalue weighted by molar-refractivity contribution is 1.50. The van der Waals surface area contributed by atoms with Gasteiger partial charge < -0.3 is 0 Å². The van der Waals surface area contributed by atoms with Crippen molar-refractivity contribution in [2.75, 3.05) is 0 Å². The Balaban J connectivity index is -0.000000218. The normalized spacial score (nSPS) is 9.31. The number of allylic oxidation sites excluding steroid dienone is 7. The highest BCUT2D eigenvalue weighted by Gasteiger charge is 1.57.